The fraction of sp³-hybridized carbons (Fsp3) is 0.333. The molecule has 1 atom stereocenters. The fourth-order valence-electron chi connectivity index (χ4n) is 4.11. The van der Waals surface area contributed by atoms with Gasteiger partial charge in [-0.15, -0.1) is 0 Å². The van der Waals surface area contributed by atoms with Crippen molar-refractivity contribution in [3.05, 3.63) is 64.9 Å². The molecule has 168 valence electrons. The Labute approximate surface area is 196 Å². The Balaban J connectivity index is 1.59. The van der Waals surface area contributed by atoms with Gasteiger partial charge in [-0.2, -0.15) is 5.10 Å². The Morgan fingerprint density at radius 3 is 2.53 bits per heavy atom. The van der Waals surface area contributed by atoms with Crippen molar-refractivity contribution in [3.8, 4) is 11.1 Å². The van der Waals surface area contributed by atoms with E-state index >= 15 is 0 Å². The van der Waals surface area contributed by atoms with Gasteiger partial charge in [0.2, 0.25) is 0 Å². The third-order valence-electron chi connectivity index (χ3n) is 6.06. The molecule has 1 aliphatic heterocycles. The van der Waals surface area contributed by atoms with E-state index in [4.69, 9.17) is 0 Å². The summed E-state index contributed by atoms with van der Waals surface area (Å²) in [6, 6.07) is 13.6. The lowest BCUT2D eigenvalue weighted by Gasteiger charge is -2.37. The predicted octanol–water partition coefficient (Wildman–Crippen LogP) is 4.04. The first-order valence-corrected chi connectivity index (χ1v) is 11.5. The predicted molar refractivity (Wildman–Crippen MR) is 131 cm³/mol. The first-order valence-electron chi connectivity index (χ1n) is 10.7. The third kappa shape index (κ3) is 5.03. The van der Waals surface area contributed by atoms with Gasteiger partial charge in [0.25, 0.3) is 5.91 Å². The lowest BCUT2D eigenvalue weighted by Crippen LogP contribution is -2.42. The van der Waals surface area contributed by atoms with E-state index in [1.165, 1.54) is 0 Å². The summed E-state index contributed by atoms with van der Waals surface area (Å²) in [6.45, 7) is 1.80. The van der Waals surface area contributed by atoms with Crippen molar-refractivity contribution in [2.45, 2.75) is 25.0 Å². The number of aromatic nitrogens is 2. The molecule has 7 nitrogen and oxygen atoms in total. The maximum absolute atomic E-state index is 12.9. The minimum atomic E-state index is -1.25. The summed E-state index contributed by atoms with van der Waals surface area (Å²) in [5.41, 5.74) is 4.21. The summed E-state index contributed by atoms with van der Waals surface area (Å²) in [5, 5.41) is 20.4. The molecule has 8 heteroatoms. The molecule has 1 unspecified atom stereocenters. The molecular weight excluding hydrogens is 470 g/mol. The van der Waals surface area contributed by atoms with Gasteiger partial charge in [0.15, 0.2) is 6.10 Å². The van der Waals surface area contributed by atoms with E-state index in [2.05, 4.69) is 61.4 Å². The molecule has 4 rings (SSSR count). The highest BCUT2D eigenvalue weighted by atomic mass is 79.9. The number of aromatic amines is 1. The normalized spacial score (nSPS) is 15.7. The number of H-pyrrole nitrogens is 1. The molecule has 32 heavy (non-hydrogen) atoms. The van der Waals surface area contributed by atoms with Gasteiger partial charge in [-0.05, 0) is 62.3 Å². The number of piperidine rings is 1. The van der Waals surface area contributed by atoms with E-state index < -0.39 is 12.0 Å². The summed E-state index contributed by atoms with van der Waals surface area (Å²) in [4.78, 5) is 17.5. The lowest BCUT2D eigenvalue weighted by molar-refractivity contribution is -0.124. The number of hydrogen-bond donors (Lipinski definition) is 3. The van der Waals surface area contributed by atoms with E-state index in [9.17, 15) is 9.90 Å². The number of nitrogens with one attached hydrogen (secondary N) is 2. The van der Waals surface area contributed by atoms with E-state index in [-0.39, 0.29) is 0 Å². The van der Waals surface area contributed by atoms with Crippen LogP contribution in [0.15, 0.2) is 59.3 Å². The average Bonchev–Trinajstić information content (AvgIpc) is 3.34. The number of hydrogen-bond acceptors (Lipinski definition) is 5. The smallest absolute Gasteiger partial charge is 0.257 e. The molecule has 3 N–H and O–H groups in total. The number of amides is 1. The highest BCUT2D eigenvalue weighted by Gasteiger charge is 2.25. The number of carbonyl (C=O) groups excluding carboxylic acids is 1. The Morgan fingerprint density at radius 2 is 1.91 bits per heavy atom. The van der Waals surface area contributed by atoms with Gasteiger partial charge in [-0.1, -0.05) is 34.1 Å². The molecule has 0 spiro atoms. The monoisotopic (exact) mass is 497 g/mol. The third-order valence-corrected chi connectivity index (χ3v) is 6.59. The van der Waals surface area contributed by atoms with Crippen LogP contribution >= 0.6 is 15.9 Å². The zero-order valence-electron chi connectivity index (χ0n) is 18.3. The number of nitrogens with zero attached hydrogens (tertiary/aromatic N) is 3. The van der Waals surface area contributed by atoms with Crippen LogP contribution in [0.5, 0.6) is 0 Å². The van der Waals surface area contributed by atoms with Gasteiger partial charge < -0.3 is 20.2 Å². The van der Waals surface area contributed by atoms with Crippen molar-refractivity contribution in [2.24, 2.45) is 0 Å². The minimum absolute atomic E-state index is 0.451. The van der Waals surface area contributed by atoms with Gasteiger partial charge >= 0.3 is 0 Å². The molecular formula is C24H28BrN5O2. The maximum Gasteiger partial charge on any atom is 0.257 e. The van der Waals surface area contributed by atoms with Crippen molar-refractivity contribution in [3.63, 3.8) is 0 Å². The van der Waals surface area contributed by atoms with Crippen molar-refractivity contribution in [1.29, 1.82) is 0 Å². The number of rotatable bonds is 6. The average molecular weight is 498 g/mol. The van der Waals surface area contributed by atoms with Crippen LogP contribution in [-0.4, -0.2) is 59.3 Å². The van der Waals surface area contributed by atoms with Gasteiger partial charge in [0.1, 0.15) is 0 Å². The standard InChI is InChI=1S/C24H28BrN5O2/c1-29(2)20-9-11-30(12-10-20)22-13-17(18-14-26-27-15-18)5-8-21(22)28-24(32)23(31)16-3-6-19(25)7-4-16/h3-8,13-15,20,23,31H,9-12H2,1-2H3,(H,26,27)(H,28,32). The Morgan fingerprint density at radius 1 is 1.19 bits per heavy atom. The van der Waals surface area contributed by atoms with Crippen LogP contribution in [0.1, 0.15) is 24.5 Å². The minimum Gasteiger partial charge on any atom is -0.378 e. The number of aliphatic hydroxyl groups is 1. The number of anilines is 2. The number of halogens is 1. The molecule has 2 heterocycles. The number of benzene rings is 2. The van der Waals surface area contributed by atoms with E-state index in [1.807, 2.05) is 30.5 Å². The SMILES string of the molecule is CN(C)C1CCN(c2cc(-c3cn[nH]c3)ccc2NC(=O)C(O)c2ccc(Br)cc2)CC1. The Kier molecular flexibility index (Phi) is 6.93. The zero-order valence-corrected chi connectivity index (χ0v) is 19.8. The summed E-state index contributed by atoms with van der Waals surface area (Å²) in [5.74, 6) is -0.451. The second kappa shape index (κ2) is 9.85. The first kappa shape index (κ1) is 22.5. The van der Waals surface area contributed by atoms with E-state index in [0.717, 1.165) is 47.2 Å². The molecule has 0 bridgehead atoms. The Bertz CT molecular complexity index is 1040. The summed E-state index contributed by atoms with van der Waals surface area (Å²) >= 11 is 3.38. The summed E-state index contributed by atoms with van der Waals surface area (Å²) < 4.78 is 0.895. The molecule has 0 aliphatic carbocycles. The molecule has 1 saturated heterocycles. The maximum atomic E-state index is 12.9. The van der Waals surface area contributed by atoms with Crippen LogP contribution < -0.4 is 10.2 Å². The van der Waals surface area contributed by atoms with Crippen molar-refractivity contribution in [1.82, 2.24) is 15.1 Å². The van der Waals surface area contributed by atoms with Crippen LogP contribution in [0.3, 0.4) is 0 Å². The first-order chi connectivity index (χ1) is 15.4. The second-order valence-corrected chi connectivity index (χ2v) is 9.26. The molecule has 1 aliphatic rings. The molecule has 2 aromatic carbocycles. The second-order valence-electron chi connectivity index (χ2n) is 8.34. The zero-order chi connectivity index (χ0) is 22.7. The molecule has 3 aromatic rings. The van der Waals surface area contributed by atoms with Gasteiger partial charge in [0, 0.05) is 35.4 Å². The largest absolute Gasteiger partial charge is 0.378 e. The highest BCUT2D eigenvalue weighted by Crippen LogP contribution is 2.34. The van der Waals surface area contributed by atoms with E-state index in [0.29, 0.717) is 17.3 Å². The van der Waals surface area contributed by atoms with Crippen LogP contribution in [0.2, 0.25) is 0 Å². The van der Waals surface area contributed by atoms with Crippen LogP contribution in [-0.2, 0) is 4.79 Å². The summed E-state index contributed by atoms with van der Waals surface area (Å²) in [6.07, 6.45) is 4.50. The van der Waals surface area contributed by atoms with Gasteiger partial charge in [-0.3, -0.25) is 9.89 Å². The molecule has 0 saturated carbocycles. The molecule has 1 fully saturated rings. The molecule has 0 radical (unpaired) electrons. The van der Waals surface area contributed by atoms with Crippen molar-refractivity contribution in [2.75, 3.05) is 37.4 Å². The topological polar surface area (TPSA) is 84.5 Å². The van der Waals surface area contributed by atoms with Crippen LogP contribution in [0.25, 0.3) is 11.1 Å². The van der Waals surface area contributed by atoms with E-state index in [1.54, 1.807) is 18.3 Å². The lowest BCUT2D eigenvalue weighted by atomic mass is 10.0. The molecule has 1 amide bonds. The highest BCUT2D eigenvalue weighted by molar-refractivity contribution is 9.10. The number of aliphatic hydroxyl groups excluding tert-OH is 1. The molecule has 1 aromatic heterocycles. The Hall–Kier alpha value is -2.68. The van der Waals surface area contributed by atoms with Crippen molar-refractivity contribution < 1.29 is 9.90 Å². The quantitative estimate of drug-likeness (QED) is 0.478. The van der Waals surface area contributed by atoms with Gasteiger partial charge in [-0.25, -0.2) is 0 Å². The van der Waals surface area contributed by atoms with Crippen LogP contribution in [0, 0.1) is 0 Å². The number of carbonyl (C=O) groups is 1. The summed E-state index contributed by atoms with van der Waals surface area (Å²) in [7, 11) is 4.24. The fourth-order valence-corrected chi connectivity index (χ4v) is 4.37. The van der Waals surface area contributed by atoms with Crippen LogP contribution in [0.4, 0.5) is 11.4 Å². The van der Waals surface area contributed by atoms with Crippen molar-refractivity contribution >= 4 is 33.2 Å². The van der Waals surface area contributed by atoms with Gasteiger partial charge in [0.05, 0.1) is 17.6 Å².